The number of nitrogens with one attached hydrogen (secondary N) is 1. The number of aromatic nitrogens is 1. The predicted octanol–water partition coefficient (Wildman–Crippen LogP) is 2.89. The Hall–Kier alpha value is -1.62. The van der Waals surface area contributed by atoms with Gasteiger partial charge in [0.1, 0.15) is 6.61 Å². The van der Waals surface area contributed by atoms with Gasteiger partial charge in [0.2, 0.25) is 0 Å². The number of hydrogen-bond donors (Lipinski definition) is 1. The number of carbonyl (C=O) groups is 1. The minimum Gasteiger partial charge on any atom is -0.443 e. The van der Waals surface area contributed by atoms with E-state index in [2.05, 4.69) is 24.1 Å². The van der Waals surface area contributed by atoms with Gasteiger partial charge in [-0.15, -0.1) is 0 Å². The lowest BCUT2D eigenvalue weighted by atomic mass is 10.0. The van der Waals surface area contributed by atoms with Gasteiger partial charge in [0.15, 0.2) is 0 Å². The number of hydrogen-bond acceptors (Lipinski definition) is 4. The molecule has 0 aliphatic heterocycles. The number of rotatable bonds is 7. The fraction of sp³-hybridized carbons (Fsp3) is 0.600. The molecule has 1 N–H and O–H groups in total. The van der Waals surface area contributed by atoms with Crippen molar-refractivity contribution in [2.75, 3.05) is 7.11 Å². The highest BCUT2D eigenvalue weighted by molar-refractivity contribution is 5.67. The molecule has 5 nitrogen and oxygen atoms in total. The van der Waals surface area contributed by atoms with Crippen molar-refractivity contribution in [1.82, 2.24) is 10.3 Å². The third-order valence-electron chi connectivity index (χ3n) is 3.35. The van der Waals surface area contributed by atoms with E-state index >= 15 is 0 Å². The molecule has 0 radical (unpaired) electrons. The molecule has 112 valence electrons. The van der Waals surface area contributed by atoms with Crippen LogP contribution in [0.3, 0.4) is 0 Å². The van der Waals surface area contributed by atoms with Crippen LogP contribution in [0.1, 0.15) is 38.6 Å². The Morgan fingerprint density at radius 2 is 1.95 bits per heavy atom. The van der Waals surface area contributed by atoms with Crippen molar-refractivity contribution in [2.45, 2.75) is 46.4 Å². The lowest BCUT2D eigenvalue weighted by Crippen LogP contribution is -2.37. The summed E-state index contributed by atoms with van der Waals surface area (Å²) in [5.74, 6) is 0.422. The summed E-state index contributed by atoms with van der Waals surface area (Å²) in [6, 6.07) is 5.67. The number of ether oxygens (including phenoxy) is 2. The third kappa shape index (κ3) is 5.57. The minimum absolute atomic E-state index is 0.0975. The zero-order valence-electron chi connectivity index (χ0n) is 12.7. The molecule has 1 rings (SSSR count). The van der Waals surface area contributed by atoms with E-state index in [1.54, 1.807) is 7.11 Å². The summed E-state index contributed by atoms with van der Waals surface area (Å²) in [7, 11) is 1.62. The van der Waals surface area contributed by atoms with E-state index in [9.17, 15) is 4.79 Å². The molecule has 0 fully saturated rings. The number of methoxy groups -OCH3 is 1. The predicted molar refractivity (Wildman–Crippen MR) is 77.2 cm³/mol. The van der Waals surface area contributed by atoms with Crippen LogP contribution in [0.15, 0.2) is 18.2 Å². The van der Waals surface area contributed by atoms with Crippen LogP contribution < -0.4 is 5.32 Å². The molecule has 20 heavy (non-hydrogen) atoms. The molecule has 0 aliphatic rings. The van der Waals surface area contributed by atoms with Gasteiger partial charge in [0.05, 0.1) is 18.0 Å². The Morgan fingerprint density at radius 1 is 1.30 bits per heavy atom. The van der Waals surface area contributed by atoms with Gasteiger partial charge in [0, 0.05) is 13.2 Å². The van der Waals surface area contributed by atoms with Gasteiger partial charge in [-0.25, -0.2) is 4.79 Å². The summed E-state index contributed by atoms with van der Waals surface area (Å²) < 4.78 is 10.2. The van der Waals surface area contributed by atoms with Gasteiger partial charge in [-0.1, -0.05) is 26.3 Å². The van der Waals surface area contributed by atoms with E-state index in [0.29, 0.717) is 18.2 Å². The van der Waals surface area contributed by atoms with Crippen molar-refractivity contribution >= 4 is 6.09 Å². The maximum Gasteiger partial charge on any atom is 0.407 e. The summed E-state index contributed by atoms with van der Waals surface area (Å²) >= 11 is 0. The van der Waals surface area contributed by atoms with Crippen LogP contribution in [0.4, 0.5) is 4.79 Å². The number of pyridine rings is 1. The van der Waals surface area contributed by atoms with Crippen LogP contribution in [0.25, 0.3) is 0 Å². The highest BCUT2D eigenvalue weighted by Crippen LogP contribution is 2.07. The Morgan fingerprint density at radius 3 is 2.55 bits per heavy atom. The van der Waals surface area contributed by atoms with Gasteiger partial charge in [-0.2, -0.15) is 0 Å². The van der Waals surface area contributed by atoms with Crippen LogP contribution in [0.5, 0.6) is 0 Å². The first-order valence-electron chi connectivity index (χ1n) is 6.93. The molecule has 0 aliphatic carbocycles. The SMILES string of the molecule is CC[C@H](C)[C@@H](C)NC(=O)OCc1cccc(COC)n1. The Balaban J connectivity index is 2.42. The number of nitrogens with zero attached hydrogens (tertiary/aromatic N) is 1. The van der Waals surface area contributed by atoms with Crippen molar-refractivity contribution in [2.24, 2.45) is 5.92 Å². The van der Waals surface area contributed by atoms with Gasteiger partial charge in [-0.3, -0.25) is 4.98 Å². The third-order valence-corrected chi connectivity index (χ3v) is 3.35. The molecule has 0 spiro atoms. The lowest BCUT2D eigenvalue weighted by Gasteiger charge is -2.19. The standard InChI is InChI=1S/C15H24N2O3/c1-5-11(2)12(3)16-15(18)20-10-14-8-6-7-13(17-14)9-19-4/h6-8,11-12H,5,9-10H2,1-4H3,(H,16,18)/t11-,12+/m0/s1. The number of amides is 1. The molecule has 1 heterocycles. The first kappa shape index (κ1) is 16.4. The van der Waals surface area contributed by atoms with Crippen molar-refractivity contribution in [3.63, 3.8) is 0 Å². The number of alkyl carbamates (subject to hydrolysis) is 1. The molecule has 5 heteroatoms. The minimum atomic E-state index is -0.406. The van der Waals surface area contributed by atoms with E-state index in [1.807, 2.05) is 25.1 Å². The van der Waals surface area contributed by atoms with Crippen molar-refractivity contribution in [1.29, 1.82) is 0 Å². The van der Waals surface area contributed by atoms with Crippen LogP contribution in [-0.2, 0) is 22.7 Å². The van der Waals surface area contributed by atoms with Crippen LogP contribution in [0, 0.1) is 5.92 Å². The molecule has 2 atom stereocenters. The van der Waals surface area contributed by atoms with Crippen LogP contribution in [-0.4, -0.2) is 24.2 Å². The zero-order valence-corrected chi connectivity index (χ0v) is 12.7. The van der Waals surface area contributed by atoms with Gasteiger partial charge in [-0.05, 0) is 25.0 Å². The lowest BCUT2D eigenvalue weighted by molar-refractivity contribution is 0.131. The Labute approximate surface area is 120 Å². The second kappa shape index (κ2) is 8.53. The molecule has 0 saturated carbocycles. The number of carbonyl (C=O) groups excluding carboxylic acids is 1. The van der Waals surface area contributed by atoms with Gasteiger partial charge >= 0.3 is 6.09 Å². The van der Waals surface area contributed by atoms with E-state index in [0.717, 1.165) is 12.1 Å². The average Bonchev–Trinajstić information content (AvgIpc) is 2.45. The van der Waals surface area contributed by atoms with E-state index in [1.165, 1.54) is 0 Å². The van der Waals surface area contributed by atoms with Crippen molar-refractivity contribution in [3.05, 3.63) is 29.6 Å². The monoisotopic (exact) mass is 280 g/mol. The molecular formula is C15H24N2O3. The van der Waals surface area contributed by atoms with Crippen LogP contribution in [0.2, 0.25) is 0 Å². The van der Waals surface area contributed by atoms with Gasteiger partial charge < -0.3 is 14.8 Å². The molecular weight excluding hydrogens is 256 g/mol. The second-order valence-corrected chi connectivity index (χ2v) is 4.95. The highest BCUT2D eigenvalue weighted by atomic mass is 16.5. The molecule has 0 aromatic carbocycles. The summed E-state index contributed by atoms with van der Waals surface area (Å²) in [5.41, 5.74) is 1.54. The van der Waals surface area contributed by atoms with E-state index in [4.69, 9.17) is 9.47 Å². The molecule has 0 saturated heterocycles. The quantitative estimate of drug-likeness (QED) is 0.834. The smallest absolute Gasteiger partial charge is 0.407 e. The fourth-order valence-corrected chi connectivity index (χ4v) is 1.70. The first-order chi connectivity index (χ1) is 9.56. The second-order valence-electron chi connectivity index (χ2n) is 4.95. The summed E-state index contributed by atoms with van der Waals surface area (Å²) in [6.45, 7) is 6.79. The summed E-state index contributed by atoms with van der Waals surface area (Å²) in [5, 5.41) is 2.83. The molecule has 0 unspecified atom stereocenters. The van der Waals surface area contributed by atoms with E-state index < -0.39 is 6.09 Å². The fourth-order valence-electron chi connectivity index (χ4n) is 1.70. The summed E-state index contributed by atoms with van der Waals surface area (Å²) in [4.78, 5) is 16.0. The highest BCUT2D eigenvalue weighted by Gasteiger charge is 2.13. The van der Waals surface area contributed by atoms with Crippen molar-refractivity contribution in [3.8, 4) is 0 Å². The average molecular weight is 280 g/mol. The molecule has 0 bridgehead atoms. The molecule has 1 amide bonds. The van der Waals surface area contributed by atoms with Crippen molar-refractivity contribution < 1.29 is 14.3 Å². The van der Waals surface area contributed by atoms with Gasteiger partial charge in [0.25, 0.3) is 0 Å². The Bertz CT molecular complexity index is 423. The van der Waals surface area contributed by atoms with Crippen LogP contribution >= 0.6 is 0 Å². The Kier molecular flexibility index (Phi) is 7.01. The first-order valence-corrected chi connectivity index (χ1v) is 6.93. The molecule has 1 aromatic rings. The largest absolute Gasteiger partial charge is 0.443 e. The topological polar surface area (TPSA) is 60.5 Å². The van der Waals surface area contributed by atoms with E-state index in [-0.39, 0.29) is 12.6 Å². The zero-order chi connectivity index (χ0) is 15.0. The maximum atomic E-state index is 11.7. The summed E-state index contributed by atoms with van der Waals surface area (Å²) in [6.07, 6.45) is 0.610. The normalized spacial score (nSPS) is 13.6. The molecule has 1 aromatic heterocycles. The maximum absolute atomic E-state index is 11.7.